The molecule has 0 aromatic heterocycles. The summed E-state index contributed by atoms with van der Waals surface area (Å²) < 4.78 is 34.3. The topological polar surface area (TPSA) is 78.9 Å². The number of hydrogen-bond donors (Lipinski definition) is 2. The summed E-state index contributed by atoms with van der Waals surface area (Å²) in [5.74, 6) is 7.44. The molecule has 3 rings (SSSR count). The van der Waals surface area contributed by atoms with Crippen LogP contribution >= 0.6 is 0 Å². The zero-order valence-electron chi connectivity index (χ0n) is 18.2. The molecule has 2 aliphatic rings. The van der Waals surface area contributed by atoms with Gasteiger partial charge < -0.3 is 15.2 Å². The van der Waals surface area contributed by atoms with Gasteiger partial charge >= 0.3 is 0 Å². The van der Waals surface area contributed by atoms with Crippen LogP contribution < -0.4 is 10.1 Å². The Morgan fingerprint density at radius 3 is 2.73 bits per heavy atom. The molecule has 0 bridgehead atoms. The van der Waals surface area contributed by atoms with Gasteiger partial charge in [0.1, 0.15) is 16.7 Å². The van der Waals surface area contributed by atoms with E-state index < -0.39 is 16.1 Å². The zero-order chi connectivity index (χ0) is 21.7. The number of nitrogens with one attached hydrogen (secondary N) is 1. The van der Waals surface area contributed by atoms with Crippen molar-refractivity contribution in [2.24, 2.45) is 11.8 Å². The summed E-state index contributed by atoms with van der Waals surface area (Å²) >= 11 is 0. The van der Waals surface area contributed by atoms with Crippen LogP contribution in [0.5, 0.6) is 5.75 Å². The van der Waals surface area contributed by atoms with Crippen molar-refractivity contribution < 1.29 is 18.3 Å². The highest BCUT2D eigenvalue weighted by Crippen LogP contribution is 2.34. The summed E-state index contributed by atoms with van der Waals surface area (Å²) in [5.41, 5.74) is 0.764. The average molecular weight is 435 g/mol. The minimum absolute atomic E-state index is 0.0496. The fourth-order valence-electron chi connectivity index (χ4n) is 4.26. The maximum Gasteiger partial charge on any atom is 0.247 e. The van der Waals surface area contributed by atoms with Gasteiger partial charge in [-0.2, -0.15) is 4.31 Å². The van der Waals surface area contributed by atoms with E-state index in [9.17, 15) is 13.5 Å². The van der Waals surface area contributed by atoms with Gasteiger partial charge in [-0.05, 0) is 50.9 Å². The molecule has 0 unspecified atom stereocenters. The van der Waals surface area contributed by atoms with Crippen LogP contribution in [0.3, 0.4) is 0 Å². The van der Waals surface area contributed by atoms with Crippen LogP contribution in [-0.4, -0.2) is 56.7 Å². The number of likely N-dealkylation sites (N-methyl/N-ethyl adjacent to an activating group) is 1. The number of fused-ring (bicyclic) bond motifs is 1. The molecule has 166 valence electrons. The van der Waals surface area contributed by atoms with Crippen molar-refractivity contribution >= 4 is 10.0 Å². The van der Waals surface area contributed by atoms with E-state index in [2.05, 4.69) is 17.2 Å². The Morgan fingerprint density at radius 1 is 1.33 bits per heavy atom. The smallest absolute Gasteiger partial charge is 0.247 e. The standard InChI is InChI=1S/C23H34N2O4S/c1-17-15-25(18(2)16-26)30(27,28)23-12-11-20(10-6-9-19-7-4-5-8-19)13-21(23)29-22(17)14-24-3/h11-13,17-19,22,24,26H,4-5,7-9,14-16H2,1-3H3/t17-,18+,22+/m0/s1. The first-order valence-corrected chi connectivity index (χ1v) is 12.4. The Morgan fingerprint density at radius 2 is 2.07 bits per heavy atom. The van der Waals surface area contributed by atoms with Crippen LogP contribution in [0.25, 0.3) is 0 Å². The summed E-state index contributed by atoms with van der Waals surface area (Å²) in [4.78, 5) is 0.136. The number of aliphatic hydroxyl groups excluding tert-OH is 1. The van der Waals surface area contributed by atoms with Crippen molar-refractivity contribution in [2.75, 3.05) is 26.7 Å². The van der Waals surface area contributed by atoms with Crippen LogP contribution in [0.2, 0.25) is 0 Å². The molecular weight excluding hydrogens is 400 g/mol. The minimum atomic E-state index is -3.80. The van der Waals surface area contributed by atoms with Crippen molar-refractivity contribution in [3.63, 3.8) is 0 Å². The fraction of sp³-hybridized carbons (Fsp3) is 0.652. The molecular formula is C23H34N2O4S. The molecule has 0 spiro atoms. The molecule has 7 heteroatoms. The molecule has 1 fully saturated rings. The molecule has 0 saturated heterocycles. The van der Waals surface area contributed by atoms with Gasteiger partial charge in [0.05, 0.1) is 6.61 Å². The van der Waals surface area contributed by atoms with Gasteiger partial charge in [-0.3, -0.25) is 0 Å². The molecule has 1 saturated carbocycles. The van der Waals surface area contributed by atoms with Crippen LogP contribution in [0.1, 0.15) is 51.5 Å². The summed E-state index contributed by atoms with van der Waals surface area (Å²) in [6, 6.07) is 4.58. The third kappa shape index (κ3) is 5.17. The molecule has 6 nitrogen and oxygen atoms in total. The maximum atomic E-state index is 13.4. The molecule has 3 atom stereocenters. The highest BCUT2D eigenvalue weighted by Gasteiger charge is 2.37. The number of rotatable bonds is 5. The van der Waals surface area contributed by atoms with Crippen LogP contribution in [-0.2, 0) is 10.0 Å². The van der Waals surface area contributed by atoms with Gasteiger partial charge in [0.25, 0.3) is 0 Å². The first kappa shape index (κ1) is 23.1. The van der Waals surface area contributed by atoms with E-state index in [0.29, 0.717) is 24.8 Å². The van der Waals surface area contributed by atoms with Crippen LogP contribution in [0.4, 0.5) is 0 Å². The summed E-state index contributed by atoms with van der Waals surface area (Å²) in [7, 11) is -1.94. The van der Waals surface area contributed by atoms with Gasteiger partial charge in [-0.15, -0.1) is 0 Å². The quantitative estimate of drug-likeness (QED) is 0.697. The number of hydrogen-bond acceptors (Lipinski definition) is 5. The molecule has 1 aliphatic carbocycles. The molecule has 1 heterocycles. The molecule has 1 aromatic rings. The van der Waals surface area contributed by atoms with E-state index in [1.165, 1.54) is 30.0 Å². The summed E-state index contributed by atoms with van der Waals surface area (Å²) in [6.07, 6.45) is 5.79. The number of benzene rings is 1. The molecule has 0 radical (unpaired) electrons. The lowest BCUT2D eigenvalue weighted by Crippen LogP contribution is -2.49. The normalized spacial score (nSPS) is 25.3. The third-order valence-electron chi connectivity index (χ3n) is 6.17. The van der Waals surface area contributed by atoms with Gasteiger partial charge in [0.15, 0.2) is 0 Å². The van der Waals surface area contributed by atoms with Crippen LogP contribution in [0, 0.1) is 23.7 Å². The minimum Gasteiger partial charge on any atom is -0.487 e. The van der Waals surface area contributed by atoms with Crippen molar-refractivity contribution in [1.82, 2.24) is 9.62 Å². The molecule has 1 aromatic carbocycles. The Bertz CT molecular complexity index is 884. The van der Waals surface area contributed by atoms with E-state index in [1.54, 1.807) is 25.1 Å². The van der Waals surface area contributed by atoms with Crippen molar-refractivity contribution in [3.05, 3.63) is 23.8 Å². The second kappa shape index (κ2) is 10.1. The van der Waals surface area contributed by atoms with E-state index in [4.69, 9.17) is 4.74 Å². The fourth-order valence-corrected chi connectivity index (χ4v) is 6.09. The monoisotopic (exact) mass is 434 g/mol. The molecule has 30 heavy (non-hydrogen) atoms. The Labute approximate surface area is 181 Å². The van der Waals surface area contributed by atoms with E-state index in [-0.39, 0.29) is 23.5 Å². The highest BCUT2D eigenvalue weighted by atomic mass is 32.2. The largest absolute Gasteiger partial charge is 0.487 e. The lowest BCUT2D eigenvalue weighted by atomic mass is 10.0. The van der Waals surface area contributed by atoms with Gasteiger partial charge in [0.2, 0.25) is 10.0 Å². The van der Waals surface area contributed by atoms with Gasteiger partial charge in [-0.25, -0.2) is 8.42 Å². The Hall–Kier alpha value is -1.59. The average Bonchev–Trinajstić information content (AvgIpc) is 3.23. The van der Waals surface area contributed by atoms with Gasteiger partial charge in [0, 0.05) is 37.0 Å². The summed E-state index contributed by atoms with van der Waals surface area (Å²) in [5, 5.41) is 12.8. The second-order valence-corrected chi connectivity index (χ2v) is 10.5. The zero-order valence-corrected chi connectivity index (χ0v) is 19.0. The summed E-state index contributed by atoms with van der Waals surface area (Å²) in [6.45, 7) is 4.36. The number of sulfonamides is 1. The lowest BCUT2D eigenvalue weighted by molar-refractivity contribution is 0.103. The lowest BCUT2D eigenvalue weighted by Gasteiger charge is -2.36. The van der Waals surface area contributed by atoms with Crippen molar-refractivity contribution in [2.45, 2.75) is 63.0 Å². The van der Waals surface area contributed by atoms with Crippen molar-refractivity contribution in [3.8, 4) is 17.6 Å². The Balaban J connectivity index is 1.96. The van der Waals surface area contributed by atoms with E-state index in [1.807, 2.05) is 14.0 Å². The predicted molar refractivity (Wildman–Crippen MR) is 118 cm³/mol. The number of aliphatic hydroxyl groups is 1. The number of nitrogens with zero attached hydrogens (tertiary/aromatic N) is 1. The predicted octanol–water partition coefficient (Wildman–Crippen LogP) is 2.61. The van der Waals surface area contributed by atoms with Crippen LogP contribution in [0.15, 0.2) is 23.1 Å². The van der Waals surface area contributed by atoms with Gasteiger partial charge in [-0.1, -0.05) is 31.6 Å². The van der Waals surface area contributed by atoms with E-state index in [0.717, 1.165) is 12.0 Å². The molecule has 2 N–H and O–H groups in total. The Kier molecular flexibility index (Phi) is 7.81. The van der Waals surface area contributed by atoms with Crippen molar-refractivity contribution in [1.29, 1.82) is 0 Å². The third-order valence-corrected chi connectivity index (χ3v) is 8.19. The maximum absolute atomic E-state index is 13.4. The second-order valence-electron chi connectivity index (χ2n) is 8.62. The highest BCUT2D eigenvalue weighted by molar-refractivity contribution is 7.89. The SMILES string of the molecule is CNC[C@H]1Oc2cc(C#CCC3CCCC3)ccc2S(=O)(=O)N([C@H](C)CO)C[C@@H]1C. The number of ether oxygens (including phenoxy) is 1. The molecule has 0 amide bonds. The first-order chi connectivity index (χ1) is 14.4. The first-order valence-electron chi connectivity index (χ1n) is 10.9. The molecule has 1 aliphatic heterocycles. The van der Waals surface area contributed by atoms with E-state index >= 15 is 0 Å².